The molecule has 14 heavy (non-hydrogen) atoms. The minimum atomic E-state index is 0.0926. The first-order valence-corrected chi connectivity index (χ1v) is 4.70. The zero-order valence-electron chi connectivity index (χ0n) is 8.77. The fourth-order valence-corrected chi connectivity index (χ4v) is 1.33. The Morgan fingerprint density at radius 1 is 1.64 bits per heavy atom. The van der Waals surface area contributed by atoms with Crippen molar-refractivity contribution in [3.8, 4) is 0 Å². The Hall–Kier alpha value is -0.840. The van der Waals surface area contributed by atoms with E-state index >= 15 is 0 Å². The maximum absolute atomic E-state index is 5.53. The highest BCUT2D eigenvalue weighted by Gasteiger charge is 2.09. The summed E-state index contributed by atoms with van der Waals surface area (Å²) in [7, 11) is 3.70. The number of hydrogen-bond acceptors (Lipinski definition) is 4. The van der Waals surface area contributed by atoms with Crippen LogP contribution in [0.5, 0.6) is 0 Å². The van der Waals surface area contributed by atoms with E-state index in [-0.39, 0.29) is 6.10 Å². The molecule has 0 aliphatic rings. The second kappa shape index (κ2) is 5.80. The molecule has 1 heterocycles. The fraction of sp³-hybridized carbons (Fsp3) is 0.600. The van der Waals surface area contributed by atoms with Crippen LogP contribution < -0.4 is 5.73 Å². The Morgan fingerprint density at radius 3 is 2.93 bits per heavy atom. The third-order valence-electron chi connectivity index (χ3n) is 2.12. The van der Waals surface area contributed by atoms with Gasteiger partial charge in [0, 0.05) is 20.2 Å². The standard InChI is InChI=1S/C10H18N2O2/c1-12(8-10(6-11)13-2)7-9-4-3-5-14-9/h3-5,10H,6-8,11H2,1-2H3. The van der Waals surface area contributed by atoms with E-state index in [0.29, 0.717) is 6.54 Å². The molecule has 1 unspecified atom stereocenters. The molecule has 0 bridgehead atoms. The Labute approximate surface area is 84.6 Å². The molecule has 0 fully saturated rings. The van der Waals surface area contributed by atoms with Crippen molar-refractivity contribution in [3.63, 3.8) is 0 Å². The molecular weight excluding hydrogens is 180 g/mol. The molecule has 1 aromatic heterocycles. The first-order chi connectivity index (χ1) is 6.76. The monoisotopic (exact) mass is 198 g/mol. The molecule has 1 aromatic rings. The van der Waals surface area contributed by atoms with Gasteiger partial charge in [0.25, 0.3) is 0 Å². The van der Waals surface area contributed by atoms with Crippen LogP contribution in [0.4, 0.5) is 0 Å². The molecule has 4 nitrogen and oxygen atoms in total. The number of methoxy groups -OCH3 is 1. The normalized spacial score (nSPS) is 13.4. The predicted octanol–water partition coefficient (Wildman–Crippen LogP) is 0.685. The molecule has 4 heteroatoms. The van der Waals surface area contributed by atoms with Crippen LogP contribution >= 0.6 is 0 Å². The van der Waals surface area contributed by atoms with Crippen molar-refractivity contribution in [3.05, 3.63) is 24.2 Å². The Kier molecular flexibility index (Phi) is 4.65. The van der Waals surface area contributed by atoms with Crippen molar-refractivity contribution in [2.45, 2.75) is 12.6 Å². The highest BCUT2D eigenvalue weighted by molar-refractivity contribution is 4.97. The zero-order valence-corrected chi connectivity index (χ0v) is 8.77. The maximum atomic E-state index is 5.53. The molecule has 0 saturated carbocycles. The second-order valence-corrected chi connectivity index (χ2v) is 3.37. The summed E-state index contributed by atoms with van der Waals surface area (Å²) in [5, 5.41) is 0. The quantitative estimate of drug-likeness (QED) is 0.730. The lowest BCUT2D eigenvalue weighted by Crippen LogP contribution is -2.35. The predicted molar refractivity (Wildman–Crippen MR) is 54.9 cm³/mol. The molecule has 0 radical (unpaired) electrons. The van der Waals surface area contributed by atoms with E-state index in [0.717, 1.165) is 18.8 Å². The molecule has 1 atom stereocenters. The van der Waals surface area contributed by atoms with Gasteiger partial charge in [-0.1, -0.05) is 0 Å². The first kappa shape index (κ1) is 11.2. The molecule has 0 aromatic carbocycles. The first-order valence-electron chi connectivity index (χ1n) is 4.70. The summed E-state index contributed by atoms with van der Waals surface area (Å²) in [6, 6.07) is 3.85. The van der Waals surface area contributed by atoms with Gasteiger partial charge in [-0.15, -0.1) is 0 Å². The lowest BCUT2D eigenvalue weighted by Gasteiger charge is -2.20. The van der Waals surface area contributed by atoms with Crippen LogP contribution in [-0.4, -0.2) is 38.3 Å². The molecule has 80 valence electrons. The summed E-state index contributed by atoms with van der Waals surface area (Å²) < 4.78 is 10.4. The van der Waals surface area contributed by atoms with Crippen LogP contribution in [0.15, 0.2) is 22.8 Å². The van der Waals surface area contributed by atoms with Gasteiger partial charge in [0.2, 0.25) is 0 Å². The minimum Gasteiger partial charge on any atom is -0.468 e. The number of furan rings is 1. The number of nitrogens with zero attached hydrogens (tertiary/aromatic N) is 1. The van der Waals surface area contributed by atoms with Crippen LogP contribution in [0.3, 0.4) is 0 Å². The molecule has 0 aliphatic carbocycles. The van der Waals surface area contributed by atoms with E-state index in [4.69, 9.17) is 14.9 Å². The summed E-state index contributed by atoms with van der Waals surface area (Å²) in [6.07, 6.45) is 1.77. The smallest absolute Gasteiger partial charge is 0.117 e. The van der Waals surface area contributed by atoms with Crippen molar-refractivity contribution in [1.29, 1.82) is 0 Å². The van der Waals surface area contributed by atoms with Crippen LogP contribution in [0, 0.1) is 0 Å². The van der Waals surface area contributed by atoms with Gasteiger partial charge in [-0.05, 0) is 19.2 Å². The molecule has 0 amide bonds. The number of ether oxygens (including phenoxy) is 1. The lowest BCUT2D eigenvalue weighted by molar-refractivity contribution is 0.0742. The zero-order chi connectivity index (χ0) is 10.4. The minimum absolute atomic E-state index is 0.0926. The van der Waals surface area contributed by atoms with Crippen LogP contribution in [0.25, 0.3) is 0 Å². The van der Waals surface area contributed by atoms with Crippen molar-refractivity contribution >= 4 is 0 Å². The van der Waals surface area contributed by atoms with Crippen LogP contribution in [-0.2, 0) is 11.3 Å². The molecule has 0 spiro atoms. The lowest BCUT2D eigenvalue weighted by atomic mass is 10.3. The van der Waals surface area contributed by atoms with E-state index < -0.39 is 0 Å². The van der Waals surface area contributed by atoms with Crippen LogP contribution in [0.2, 0.25) is 0 Å². The number of hydrogen-bond donors (Lipinski definition) is 1. The van der Waals surface area contributed by atoms with Crippen LogP contribution in [0.1, 0.15) is 5.76 Å². The van der Waals surface area contributed by atoms with Crippen molar-refractivity contribution < 1.29 is 9.15 Å². The highest BCUT2D eigenvalue weighted by atomic mass is 16.5. The SMILES string of the molecule is COC(CN)CN(C)Cc1ccco1. The van der Waals surface area contributed by atoms with Gasteiger partial charge >= 0.3 is 0 Å². The van der Waals surface area contributed by atoms with E-state index in [1.165, 1.54) is 0 Å². The van der Waals surface area contributed by atoms with Gasteiger partial charge in [-0.3, -0.25) is 4.90 Å². The van der Waals surface area contributed by atoms with E-state index in [2.05, 4.69) is 4.90 Å². The molecule has 2 N–H and O–H groups in total. The summed E-state index contributed by atoms with van der Waals surface area (Å²) in [4.78, 5) is 2.12. The molecule has 1 rings (SSSR count). The Morgan fingerprint density at radius 2 is 2.43 bits per heavy atom. The average molecular weight is 198 g/mol. The Bertz CT molecular complexity index is 232. The number of likely N-dealkylation sites (N-methyl/N-ethyl adjacent to an activating group) is 1. The van der Waals surface area contributed by atoms with E-state index in [1.54, 1.807) is 13.4 Å². The number of rotatable bonds is 6. The van der Waals surface area contributed by atoms with Crippen molar-refractivity contribution in [2.24, 2.45) is 5.73 Å². The molecule has 0 aliphatic heterocycles. The van der Waals surface area contributed by atoms with Gasteiger partial charge < -0.3 is 14.9 Å². The van der Waals surface area contributed by atoms with Crippen molar-refractivity contribution in [1.82, 2.24) is 4.90 Å². The van der Waals surface area contributed by atoms with Gasteiger partial charge in [0.1, 0.15) is 5.76 Å². The maximum Gasteiger partial charge on any atom is 0.117 e. The van der Waals surface area contributed by atoms with Gasteiger partial charge in [-0.25, -0.2) is 0 Å². The Balaban J connectivity index is 2.31. The molecule has 0 saturated heterocycles. The topological polar surface area (TPSA) is 51.6 Å². The summed E-state index contributed by atoms with van der Waals surface area (Å²) in [6.45, 7) is 2.14. The van der Waals surface area contributed by atoms with Gasteiger partial charge in [-0.2, -0.15) is 0 Å². The fourth-order valence-electron chi connectivity index (χ4n) is 1.33. The third-order valence-corrected chi connectivity index (χ3v) is 2.12. The summed E-state index contributed by atoms with van der Waals surface area (Å²) >= 11 is 0. The largest absolute Gasteiger partial charge is 0.468 e. The number of nitrogens with two attached hydrogens (primary N) is 1. The average Bonchev–Trinajstić information content (AvgIpc) is 2.66. The van der Waals surface area contributed by atoms with Crippen molar-refractivity contribution in [2.75, 3.05) is 27.2 Å². The second-order valence-electron chi connectivity index (χ2n) is 3.37. The summed E-state index contributed by atoms with van der Waals surface area (Å²) in [5.41, 5.74) is 5.53. The molecular formula is C10H18N2O2. The highest BCUT2D eigenvalue weighted by Crippen LogP contribution is 2.04. The van der Waals surface area contributed by atoms with E-state index in [1.807, 2.05) is 19.2 Å². The summed E-state index contributed by atoms with van der Waals surface area (Å²) in [5.74, 6) is 0.958. The van der Waals surface area contributed by atoms with Gasteiger partial charge in [0.15, 0.2) is 0 Å². The van der Waals surface area contributed by atoms with E-state index in [9.17, 15) is 0 Å². The van der Waals surface area contributed by atoms with Gasteiger partial charge in [0.05, 0.1) is 18.9 Å². The third kappa shape index (κ3) is 3.49.